The third-order valence-electron chi connectivity index (χ3n) is 9.28. The van der Waals surface area contributed by atoms with Crippen molar-refractivity contribution in [2.45, 2.75) is 99.6 Å². The number of fused-ring (bicyclic) bond motifs is 2. The molecule has 0 bridgehead atoms. The molecule has 5 aliphatic rings. The van der Waals surface area contributed by atoms with Gasteiger partial charge in [0.15, 0.2) is 17.2 Å². The van der Waals surface area contributed by atoms with Crippen LogP contribution in [0, 0.1) is 17.8 Å². The zero-order chi connectivity index (χ0) is 24.3. The Morgan fingerprint density at radius 3 is 2.47 bits per heavy atom. The van der Waals surface area contributed by atoms with Gasteiger partial charge in [-0.15, -0.1) is 11.6 Å². The highest BCUT2D eigenvalue weighted by atomic mass is 35.5. The highest BCUT2D eigenvalue weighted by Crippen LogP contribution is 2.58. The van der Waals surface area contributed by atoms with Crippen LogP contribution >= 0.6 is 11.6 Å². The van der Waals surface area contributed by atoms with Crippen molar-refractivity contribution in [2.75, 3.05) is 20.8 Å². The molecule has 0 radical (unpaired) electrons. The zero-order valence-corrected chi connectivity index (χ0v) is 21.1. The minimum Gasteiger partial charge on any atom is -0.487 e. The molecule has 34 heavy (non-hydrogen) atoms. The lowest BCUT2D eigenvalue weighted by molar-refractivity contribution is -0.155. The predicted octanol–water partition coefficient (Wildman–Crippen LogP) is 3.34. The summed E-state index contributed by atoms with van der Waals surface area (Å²) in [5, 5.41) is 9.47. The van der Waals surface area contributed by atoms with Gasteiger partial charge in [-0.1, -0.05) is 26.2 Å². The first kappa shape index (κ1) is 24.7. The van der Waals surface area contributed by atoms with E-state index in [9.17, 15) is 14.7 Å². The number of Topliss-reactive ketones (excluding diaryl/α,β-unsaturated/α-hetero) is 2. The van der Waals surface area contributed by atoms with E-state index in [1.807, 2.05) is 6.92 Å². The van der Waals surface area contributed by atoms with Crippen LogP contribution < -0.4 is 0 Å². The van der Waals surface area contributed by atoms with Crippen molar-refractivity contribution in [1.82, 2.24) is 0 Å². The Hall–Kier alpha value is -0.990. The second-order valence-corrected chi connectivity index (χ2v) is 11.4. The zero-order valence-electron chi connectivity index (χ0n) is 20.4. The molecule has 3 fully saturated rings. The lowest BCUT2D eigenvalue weighted by Gasteiger charge is -2.42. The molecule has 1 saturated heterocycles. The third kappa shape index (κ3) is 3.45. The van der Waals surface area contributed by atoms with E-state index in [4.69, 9.17) is 30.5 Å². The summed E-state index contributed by atoms with van der Waals surface area (Å²) in [6.07, 6.45) is 5.76. The molecule has 0 aromatic rings. The minimum atomic E-state index is -1.35. The Bertz CT molecular complexity index is 867. The van der Waals surface area contributed by atoms with Crippen LogP contribution in [-0.2, 0) is 28.5 Å². The number of aliphatic hydroxyl groups is 1. The maximum absolute atomic E-state index is 14.3. The number of carbonyl (C=O) groups excluding carboxylic acids is 2. The van der Waals surface area contributed by atoms with Crippen LogP contribution in [0.3, 0.4) is 0 Å². The van der Waals surface area contributed by atoms with Crippen LogP contribution in [0.4, 0.5) is 0 Å². The Labute approximate surface area is 206 Å². The number of ketones is 2. The van der Waals surface area contributed by atoms with E-state index >= 15 is 0 Å². The molecule has 2 aliphatic heterocycles. The fourth-order valence-electron chi connectivity index (χ4n) is 7.46. The van der Waals surface area contributed by atoms with E-state index in [0.717, 1.165) is 25.7 Å². The molecule has 8 heteroatoms. The summed E-state index contributed by atoms with van der Waals surface area (Å²) in [5.41, 5.74) is -1.44. The maximum atomic E-state index is 14.3. The molecule has 8 atom stereocenters. The van der Waals surface area contributed by atoms with Crippen LogP contribution in [0.2, 0.25) is 0 Å². The molecule has 5 rings (SSSR count). The van der Waals surface area contributed by atoms with Crippen LogP contribution in [-0.4, -0.2) is 72.4 Å². The van der Waals surface area contributed by atoms with Gasteiger partial charge in [0.1, 0.15) is 11.4 Å². The molecule has 0 aromatic carbocycles. The van der Waals surface area contributed by atoms with Gasteiger partial charge in [0.25, 0.3) is 0 Å². The largest absolute Gasteiger partial charge is 0.487 e. The topological polar surface area (TPSA) is 91.3 Å². The first-order chi connectivity index (χ1) is 16.3. The number of carbonyl (C=O) groups is 2. The molecular formula is C26H37ClO7. The van der Waals surface area contributed by atoms with E-state index in [1.54, 1.807) is 14.2 Å². The normalized spacial score (nSPS) is 45.0. The quantitative estimate of drug-likeness (QED) is 0.583. The van der Waals surface area contributed by atoms with Gasteiger partial charge in [-0.05, 0) is 18.8 Å². The lowest BCUT2D eigenvalue weighted by Crippen LogP contribution is -2.52. The summed E-state index contributed by atoms with van der Waals surface area (Å²) in [6, 6.07) is 0. The number of ether oxygens (including phenoxy) is 4. The van der Waals surface area contributed by atoms with Gasteiger partial charge in [0, 0.05) is 58.0 Å². The molecule has 2 saturated carbocycles. The van der Waals surface area contributed by atoms with Crippen molar-refractivity contribution in [2.24, 2.45) is 17.8 Å². The second kappa shape index (κ2) is 9.15. The number of hydrogen-bond acceptors (Lipinski definition) is 7. The van der Waals surface area contributed by atoms with Crippen LogP contribution in [0.15, 0.2) is 11.3 Å². The van der Waals surface area contributed by atoms with Crippen molar-refractivity contribution in [3.8, 4) is 0 Å². The van der Waals surface area contributed by atoms with Crippen LogP contribution in [0.25, 0.3) is 0 Å². The van der Waals surface area contributed by atoms with Gasteiger partial charge < -0.3 is 24.1 Å². The SMILES string of the molecule is COC1CC(OC)C2C(=O)[C@@]3(OC2C1Cl)C1=C(C[C@@](CCO)(C2CCCCC2)O1)C(=O)C[C@H]3C. The fraction of sp³-hybridized carbons (Fsp3) is 0.846. The van der Waals surface area contributed by atoms with Crippen molar-refractivity contribution < 1.29 is 33.6 Å². The lowest BCUT2D eigenvalue weighted by atomic mass is 9.68. The first-order valence-corrected chi connectivity index (χ1v) is 13.2. The molecule has 1 spiro atoms. The Morgan fingerprint density at radius 1 is 1.12 bits per heavy atom. The average molecular weight is 497 g/mol. The first-order valence-electron chi connectivity index (χ1n) is 12.8. The summed E-state index contributed by atoms with van der Waals surface area (Å²) < 4.78 is 24.8. The van der Waals surface area contributed by atoms with Gasteiger partial charge in [0.2, 0.25) is 0 Å². The number of alkyl halides is 1. The number of methoxy groups -OCH3 is 2. The standard InChI is InChI=1S/C26H37ClO7/c1-14-11-17(29)16-13-25(9-10-28,15-7-5-4-6-8-15)34-24(16)26(14)23(30)20-18(31-2)12-19(32-3)21(27)22(20)33-26/h14-15,18-22,28H,4-13H2,1-3H3/t14-,18?,19?,20?,21?,22?,25+,26-/m1/s1. The Morgan fingerprint density at radius 2 is 1.82 bits per heavy atom. The molecule has 5 unspecified atom stereocenters. The molecule has 2 heterocycles. The molecular weight excluding hydrogens is 460 g/mol. The predicted molar refractivity (Wildman–Crippen MR) is 124 cm³/mol. The van der Waals surface area contributed by atoms with Gasteiger partial charge in [-0.25, -0.2) is 0 Å². The Balaban J connectivity index is 1.56. The average Bonchev–Trinajstić information content (AvgIpc) is 3.38. The van der Waals surface area contributed by atoms with Crippen molar-refractivity contribution in [1.29, 1.82) is 0 Å². The monoisotopic (exact) mass is 496 g/mol. The molecule has 190 valence electrons. The summed E-state index contributed by atoms with van der Waals surface area (Å²) in [4.78, 5) is 27.5. The van der Waals surface area contributed by atoms with E-state index in [0.29, 0.717) is 30.6 Å². The molecule has 1 N–H and O–H groups in total. The highest BCUT2D eigenvalue weighted by molar-refractivity contribution is 6.22. The number of hydrogen-bond donors (Lipinski definition) is 1. The molecule has 3 aliphatic carbocycles. The summed E-state index contributed by atoms with van der Waals surface area (Å²) in [6.45, 7) is 1.87. The van der Waals surface area contributed by atoms with E-state index in [-0.39, 0.29) is 48.6 Å². The van der Waals surface area contributed by atoms with E-state index in [2.05, 4.69) is 0 Å². The van der Waals surface area contributed by atoms with Crippen molar-refractivity contribution >= 4 is 23.2 Å². The van der Waals surface area contributed by atoms with Gasteiger partial charge >= 0.3 is 0 Å². The second-order valence-electron chi connectivity index (χ2n) is 10.9. The number of rotatable bonds is 5. The number of halogens is 1. The van der Waals surface area contributed by atoms with Gasteiger partial charge in [-0.2, -0.15) is 0 Å². The minimum absolute atomic E-state index is 0.0236. The Kier molecular flexibility index (Phi) is 6.64. The molecule has 0 aromatic heterocycles. The van der Waals surface area contributed by atoms with Crippen LogP contribution in [0.1, 0.15) is 64.7 Å². The van der Waals surface area contributed by atoms with Crippen molar-refractivity contribution in [3.63, 3.8) is 0 Å². The van der Waals surface area contributed by atoms with E-state index < -0.39 is 28.6 Å². The molecule has 7 nitrogen and oxygen atoms in total. The highest BCUT2D eigenvalue weighted by Gasteiger charge is 2.70. The summed E-state index contributed by atoms with van der Waals surface area (Å²) >= 11 is 6.81. The maximum Gasteiger partial charge on any atom is 0.187 e. The number of aliphatic hydroxyl groups excluding tert-OH is 1. The van der Waals surface area contributed by atoms with Gasteiger partial charge in [-0.3, -0.25) is 9.59 Å². The van der Waals surface area contributed by atoms with Crippen LogP contribution in [0.5, 0.6) is 0 Å². The smallest absolute Gasteiger partial charge is 0.187 e. The fourth-order valence-corrected chi connectivity index (χ4v) is 7.87. The van der Waals surface area contributed by atoms with E-state index in [1.165, 1.54) is 6.42 Å². The summed E-state index contributed by atoms with van der Waals surface area (Å²) in [7, 11) is 3.21. The molecule has 0 amide bonds. The third-order valence-corrected chi connectivity index (χ3v) is 9.81. The van der Waals surface area contributed by atoms with Crippen molar-refractivity contribution in [3.05, 3.63) is 11.3 Å². The van der Waals surface area contributed by atoms with Gasteiger partial charge in [0.05, 0.1) is 29.6 Å². The summed E-state index contributed by atoms with van der Waals surface area (Å²) in [5.74, 6) is -0.369.